The van der Waals surface area contributed by atoms with E-state index in [1.54, 1.807) is 103 Å². The first-order valence-electron chi connectivity index (χ1n) is 41.0. The van der Waals surface area contributed by atoms with E-state index in [1.807, 2.05) is 219 Å². The van der Waals surface area contributed by atoms with E-state index in [-0.39, 0.29) is 74.5 Å². The van der Waals surface area contributed by atoms with Crippen LogP contribution in [0.1, 0.15) is 27.0 Å². The summed E-state index contributed by atoms with van der Waals surface area (Å²) in [6, 6.07) is 103. The Morgan fingerprint density at radius 2 is 0.636 bits per heavy atom. The summed E-state index contributed by atoms with van der Waals surface area (Å²) in [7, 11) is 0. The van der Waals surface area contributed by atoms with Crippen LogP contribution in [0.15, 0.2) is 359 Å². The molecular weight excluding hydrogens is 1610 g/mol. The summed E-state index contributed by atoms with van der Waals surface area (Å²) in [5, 5.41) is 154. The van der Waals surface area contributed by atoms with Crippen LogP contribution in [0.3, 0.4) is 0 Å². The van der Waals surface area contributed by atoms with E-state index in [1.165, 1.54) is 42.5 Å². The predicted molar refractivity (Wildman–Crippen MR) is 521 cm³/mol. The largest absolute Gasteiger partial charge is 0.507 e. The molecule has 628 valence electrons. The maximum atomic E-state index is 11.6. The van der Waals surface area contributed by atoms with Gasteiger partial charge in [-0.2, -0.15) is 0 Å². The van der Waals surface area contributed by atoms with Crippen LogP contribution in [0.5, 0.6) is 63.2 Å². The first-order valence-corrected chi connectivity index (χ1v) is 41.0. The molecule has 14 N–H and O–H groups in total. The van der Waals surface area contributed by atoms with Gasteiger partial charge in [0, 0.05) is 89.8 Å². The number of carbonyl (C=O) groups is 1. The van der Waals surface area contributed by atoms with Crippen molar-refractivity contribution < 1.29 is 71.0 Å². The minimum absolute atomic E-state index is 0.0132. The lowest BCUT2D eigenvalue weighted by atomic mass is 9.88. The number of nitro benzene ring substituents is 1. The van der Waals surface area contributed by atoms with Crippen LogP contribution in [0.2, 0.25) is 0 Å². The average molecular weight is 1690 g/mol. The number of nitrogens with two attached hydrogens (primary N) is 1. The number of hydrogen-bond donors (Lipinski definition) is 13. The first kappa shape index (κ1) is 83.4. The van der Waals surface area contributed by atoms with E-state index in [0.717, 1.165) is 97.7 Å². The molecule has 21 aromatic rings. The molecule has 0 aliphatic carbocycles. The molecule has 0 spiro atoms. The van der Waals surface area contributed by atoms with E-state index in [4.69, 9.17) is 5.73 Å². The van der Waals surface area contributed by atoms with Crippen molar-refractivity contribution in [1.82, 2.24) is 0 Å². The molecule has 0 saturated carbocycles. The fourth-order valence-electron chi connectivity index (χ4n) is 17.5. The Balaban J connectivity index is 0.000000114. The van der Waals surface area contributed by atoms with Crippen molar-refractivity contribution in [3.05, 3.63) is 391 Å². The Bertz CT molecular complexity index is 8170. The Hall–Kier alpha value is -17.8. The summed E-state index contributed by atoms with van der Waals surface area (Å²) in [5.41, 5.74) is 16.5. The van der Waals surface area contributed by atoms with E-state index in [0.29, 0.717) is 99.2 Å². The van der Waals surface area contributed by atoms with E-state index in [2.05, 4.69) is 13.2 Å². The van der Waals surface area contributed by atoms with Gasteiger partial charge in [0.05, 0.1) is 15.9 Å². The molecule has 0 atom stereocenters. The number of nitro groups is 1. The van der Waals surface area contributed by atoms with Crippen molar-refractivity contribution >= 4 is 137 Å². The van der Waals surface area contributed by atoms with Gasteiger partial charge < -0.3 is 67.0 Å². The number of aryl methyl sites for hydroxylation is 1. The van der Waals surface area contributed by atoms with Gasteiger partial charge in [-0.05, 0) is 218 Å². The average Bonchev–Trinajstić information content (AvgIpc) is 0.788. The Labute approximate surface area is 737 Å². The molecule has 129 heavy (non-hydrogen) atoms. The Morgan fingerprint density at radius 3 is 1.16 bits per heavy atom. The number of phenols is 11. The molecule has 0 aromatic heterocycles. The third-order valence-corrected chi connectivity index (χ3v) is 23.4. The highest BCUT2D eigenvalue weighted by Crippen LogP contribution is 2.54. The zero-order valence-corrected chi connectivity index (χ0v) is 69.1. The number of phenolic OH excluding ortho intramolecular Hbond substituents is 11. The molecule has 21 aromatic carbocycles. The number of carboxylic acids is 1. The second-order valence-corrected chi connectivity index (χ2v) is 31.0. The summed E-state index contributed by atoms with van der Waals surface area (Å²) in [6.45, 7) is 9.62. The summed E-state index contributed by atoms with van der Waals surface area (Å²) in [6.07, 6.45) is 3.57. The van der Waals surface area contributed by atoms with E-state index in [9.17, 15) is 76.2 Å². The van der Waals surface area contributed by atoms with Crippen molar-refractivity contribution in [2.24, 2.45) is 0 Å². The van der Waals surface area contributed by atoms with Crippen LogP contribution in [0.25, 0.3) is 187 Å². The highest BCUT2D eigenvalue weighted by Gasteiger charge is 2.27. The van der Waals surface area contributed by atoms with Gasteiger partial charge in [-0.25, -0.2) is 4.79 Å². The van der Waals surface area contributed by atoms with Crippen LogP contribution in [-0.4, -0.2) is 72.2 Å². The van der Waals surface area contributed by atoms with Crippen molar-refractivity contribution in [2.45, 2.75) is 6.92 Å². The second kappa shape index (κ2) is 34.8. The highest BCUT2D eigenvalue weighted by atomic mass is 16.6. The molecule has 0 heterocycles. The SMILES string of the molecule is C=Cc1ccc2c(-c3c(O)ccc4cc(N)ccc34)c(O)ccc2c1.C=Cc1ccc2c(-c3c(O)ccc4ccccc34)c(O)ccc2c1.Cc1cccc2ccc(O)c(-c3c(O)ccc4ccccc34)c12.O=C(O)c1cccc2c(-c3c(O)cc(O)c4ccccc34)c(O)ccc12.O=[N+]([O-])c1cccc2c(-c3c(O)c(-c4ccccc4)cc4ccccc34)c(O)ccc12. The Kier molecular flexibility index (Phi) is 22.5. The lowest BCUT2D eigenvalue weighted by molar-refractivity contribution is -0.383. The number of hydrogen-bond acceptors (Lipinski definition) is 15. The molecule has 0 amide bonds. The van der Waals surface area contributed by atoms with Crippen LogP contribution in [0, 0.1) is 17.0 Å². The minimum Gasteiger partial charge on any atom is -0.507 e. The van der Waals surface area contributed by atoms with Gasteiger partial charge in [0.2, 0.25) is 0 Å². The summed E-state index contributed by atoms with van der Waals surface area (Å²) < 4.78 is 0. The topological polar surface area (TPSA) is 329 Å². The van der Waals surface area contributed by atoms with Crippen LogP contribution < -0.4 is 5.73 Å². The fourth-order valence-corrected chi connectivity index (χ4v) is 17.5. The van der Waals surface area contributed by atoms with E-state index < -0.39 is 10.9 Å². The number of aromatic carboxylic acids is 1. The molecule has 0 radical (unpaired) electrons. The summed E-state index contributed by atoms with van der Waals surface area (Å²) >= 11 is 0. The number of nitrogen functional groups attached to an aromatic ring is 1. The summed E-state index contributed by atoms with van der Waals surface area (Å²) in [5.74, 6) is -0.585. The number of anilines is 1. The molecule has 0 unspecified atom stereocenters. The van der Waals surface area contributed by atoms with Crippen LogP contribution in [0.4, 0.5) is 11.4 Å². The molecule has 17 nitrogen and oxygen atoms in total. The molecule has 17 heteroatoms. The molecule has 0 aliphatic rings. The first-order chi connectivity index (χ1) is 62.5. The van der Waals surface area contributed by atoms with Crippen molar-refractivity contribution in [2.75, 3.05) is 5.73 Å². The number of nitrogens with zero attached hydrogens (tertiary/aromatic N) is 1. The van der Waals surface area contributed by atoms with Crippen molar-refractivity contribution in [1.29, 1.82) is 0 Å². The van der Waals surface area contributed by atoms with Gasteiger partial charge in [0.25, 0.3) is 5.69 Å². The minimum atomic E-state index is -1.08. The smallest absolute Gasteiger partial charge is 0.336 e. The number of benzene rings is 21. The third kappa shape index (κ3) is 15.6. The van der Waals surface area contributed by atoms with Crippen LogP contribution in [-0.2, 0) is 0 Å². The van der Waals surface area contributed by atoms with Gasteiger partial charge >= 0.3 is 5.97 Å². The lowest BCUT2D eigenvalue weighted by Crippen LogP contribution is -1.98. The predicted octanol–water partition coefficient (Wildman–Crippen LogP) is 27.5. The number of non-ortho nitro benzene ring substituents is 1. The quantitative estimate of drug-likeness (QED) is 0.0344. The standard InChI is InChI=1S/C26H17NO4.C22H17NO2.C22H16O2.C21H14O5.C21H16O2/c28-23-14-13-19-20(11-6-12-22(19)27(30)31)24(23)25-18-10-5-4-9-17(18)15-21(26(25)29)16-7-2-1-3-8-16;1-2-13-3-7-17-14(11-13)4-9-19(24)21(17)22-18-8-6-16(23)12-15(18)5-10-20(22)25;1-2-14-7-10-18-16(13-14)9-12-20(24)22(18)21-17-6-4-3-5-15(17)8-11-19(21)23;22-16-9-8-11-13(6-3-7-15(11)21(25)26)19(16)20-14-5-2-1-4-12(14)17(23)10-18(20)24;1-13-5-4-7-15-10-12-18(23)21(19(13)15)20-16-8-3-2-6-14(16)9-11-17(20)22/h1-15,28-29H;2-12,24-25H,1,23H2;2-13,23-24H,1H2;1-10,22-24H,(H,25,26);2-12,22-23H,1H3. The third-order valence-electron chi connectivity index (χ3n) is 23.4. The van der Waals surface area contributed by atoms with Gasteiger partial charge in [-0.3, -0.25) is 10.1 Å². The normalized spacial score (nSPS) is 11.1. The monoisotopic (exact) mass is 1690 g/mol. The number of rotatable bonds is 10. The number of carboxylic acid groups (broad SMARTS) is 1. The van der Waals surface area contributed by atoms with Gasteiger partial charge in [-0.15, -0.1) is 0 Å². The molecule has 0 fully saturated rings. The maximum Gasteiger partial charge on any atom is 0.336 e. The Morgan fingerprint density at radius 1 is 0.295 bits per heavy atom. The maximum absolute atomic E-state index is 11.6. The molecule has 0 aliphatic heterocycles. The molecule has 0 bridgehead atoms. The van der Waals surface area contributed by atoms with Gasteiger partial charge in [-0.1, -0.05) is 262 Å². The zero-order valence-electron chi connectivity index (χ0n) is 69.1. The number of aromatic hydroxyl groups is 11. The zero-order chi connectivity index (χ0) is 90.2. The highest BCUT2D eigenvalue weighted by molar-refractivity contribution is 6.18. The molecular formula is C112H80N2O15. The number of fused-ring (bicyclic) bond motifs is 10. The van der Waals surface area contributed by atoms with Gasteiger partial charge in [0.15, 0.2) is 0 Å². The molecule has 0 saturated heterocycles. The van der Waals surface area contributed by atoms with Crippen molar-refractivity contribution in [3.8, 4) is 130 Å². The second-order valence-electron chi connectivity index (χ2n) is 31.0. The van der Waals surface area contributed by atoms with Crippen LogP contribution >= 0.6 is 0 Å². The van der Waals surface area contributed by atoms with Gasteiger partial charge in [0.1, 0.15) is 63.2 Å². The lowest BCUT2D eigenvalue weighted by Gasteiger charge is -2.17. The fraction of sp³-hybridized carbons (Fsp3) is 0.00893. The molecule has 21 rings (SSSR count). The van der Waals surface area contributed by atoms with E-state index >= 15 is 0 Å². The summed E-state index contributed by atoms with van der Waals surface area (Å²) in [4.78, 5) is 22.6. The van der Waals surface area contributed by atoms with Crippen molar-refractivity contribution in [3.63, 3.8) is 0 Å².